The Balaban J connectivity index is 2.29. The molecule has 6 heteroatoms. The number of hydrogen-bond acceptors (Lipinski definition) is 4. The van der Waals surface area contributed by atoms with Crippen molar-refractivity contribution in [2.45, 2.75) is 0 Å². The lowest BCUT2D eigenvalue weighted by Gasteiger charge is -2.10. The van der Waals surface area contributed by atoms with E-state index in [0.717, 1.165) is 0 Å². The van der Waals surface area contributed by atoms with Crippen molar-refractivity contribution in [3.63, 3.8) is 0 Å². The molecular weight excluding hydrogens is 256 g/mol. The summed E-state index contributed by atoms with van der Waals surface area (Å²) in [6, 6.07) is 13.2. The predicted molar refractivity (Wildman–Crippen MR) is 76.9 cm³/mol. The van der Waals surface area contributed by atoms with Crippen LogP contribution in [0, 0.1) is 0 Å². The maximum Gasteiger partial charge on any atom is 0.267 e. The van der Waals surface area contributed by atoms with Gasteiger partial charge in [-0.3, -0.25) is 15.0 Å². The van der Waals surface area contributed by atoms with Gasteiger partial charge in [0.15, 0.2) is 0 Å². The van der Waals surface area contributed by atoms with Crippen molar-refractivity contribution in [1.29, 1.82) is 0 Å². The molecule has 0 aromatic heterocycles. The zero-order valence-corrected chi connectivity index (χ0v) is 10.6. The molecule has 102 valence electrons. The molecule has 20 heavy (non-hydrogen) atoms. The van der Waals surface area contributed by atoms with E-state index in [-0.39, 0.29) is 11.5 Å². The molecule has 6 nitrogen and oxygen atoms in total. The Morgan fingerprint density at radius 1 is 0.850 bits per heavy atom. The molecule has 0 radical (unpaired) electrons. The van der Waals surface area contributed by atoms with Crippen LogP contribution in [-0.2, 0) is 0 Å². The van der Waals surface area contributed by atoms with Gasteiger partial charge in [0.05, 0.1) is 16.8 Å². The number of rotatable bonds is 3. The van der Waals surface area contributed by atoms with Crippen molar-refractivity contribution < 1.29 is 9.59 Å². The fourth-order valence-electron chi connectivity index (χ4n) is 1.76. The first kappa shape index (κ1) is 13.6. The van der Waals surface area contributed by atoms with Gasteiger partial charge in [0, 0.05) is 5.69 Å². The number of benzene rings is 2. The Morgan fingerprint density at radius 3 is 2.10 bits per heavy atom. The first-order chi connectivity index (χ1) is 9.63. The fourth-order valence-corrected chi connectivity index (χ4v) is 1.76. The average molecular weight is 270 g/mol. The highest BCUT2D eigenvalue weighted by Gasteiger charge is 2.14. The molecular formula is C14H14N4O2. The van der Waals surface area contributed by atoms with Gasteiger partial charge < -0.3 is 11.1 Å². The minimum atomic E-state index is -0.484. The van der Waals surface area contributed by atoms with Gasteiger partial charge >= 0.3 is 0 Å². The van der Waals surface area contributed by atoms with Gasteiger partial charge in [-0.05, 0) is 24.3 Å². The Bertz CT molecular complexity index is 655. The minimum absolute atomic E-state index is 0.276. The summed E-state index contributed by atoms with van der Waals surface area (Å²) in [5.74, 6) is 4.23. The number of anilines is 2. The van der Waals surface area contributed by atoms with Crippen molar-refractivity contribution >= 4 is 23.2 Å². The number of hydrazine groups is 1. The lowest BCUT2D eigenvalue weighted by Crippen LogP contribution is -2.31. The summed E-state index contributed by atoms with van der Waals surface area (Å²) < 4.78 is 0. The maximum atomic E-state index is 12.1. The third-order valence-corrected chi connectivity index (χ3v) is 2.76. The Hall–Kier alpha value is -2.86. The summed E-state index contributed by atoms with van der Waals surface area (Å²) >= 11 is 0. The molecule has 0 aliphatic carbocycles. The number of carbonyl (C=O) groups is 2. The summed E-state index contributed by atoms with van der Waals surface area (Å²) in [6.07, 6.45) is 0. The number of nitrogens with two attached hydrogens (primary N) is 2. The van der Waals surface area contributed by atoms with Gasteiger partial charge in [-0.25, -0.2) is 5.84 Å². The van der Waals surface area contributed by atoms with Crippen LogP contribution in [0.5, 0.6) is 0 Å². The fraction of sp³-hybridized carbons (Fsp3) is 0. The van der Waals surface area contributed by atoms with E-state index in [9.17, 15) is 9.59 Å². The second kappa shape index (κ2) is 5.85. The van der Waals surface area contributed by atoms with E-state index in [1.807, 2.05) is 5.43 Å². The maximum absolute atomic E-state index is 12.1. The SMILES string of the molecule is NNC(=O)c1ccccc1NC(=O)c1ccccc1N. The van der Waals surface area contributed by atoms with Crippen LogP contribution < -0.4 is 22.3 Å². The van der Waals surface area contributed by atoms with Crippen LogP contribution in [0.1, 0.15) is 20.7 Å². The molecule has 0 fully saturated rings. The van der Waals surface area contributed by atoms with Crippen molar-refractivity contribution in [1.82, 2.24) is 5.43 Å². The van der Waals surface area contributed by atoms with Crippen molar-refractivity contribution in [3.05, 3.63) is 59.7 Å². The van der Waals surface area contributed by atoms with Gasteiger partial charge in [-0.1, -0.05) is 24.3 Å². The second-order valence-corrected chi connectivity index (χ2v) is 4.06. The highest BCUT2D eigenvalue weighted by Crippen LogP contribution is 2.18. The molecule has 0 unspecified atom stereocenters. The zero-order chi connectivity index (χ0) is 14.5. The lowest BCUT2D eigenvalue weighted by atomic mass is 10.1. The summed E-state index contributed by atoms with van der Waals surface area (Å²) in [5, 5.41) is 2.65. The van der Waals surface area contributed by atoms with E-state index in [1.54, 1.807) is 48.5 Å². The molecule has 6 N–H and O–H groups in total. The van der Waals surface area contributed by atoms with E-state index >= 15 is 0 Å². The average Bonchev–Trinajstić information content (AvgIpc) is 2.47. The number of nitrogen functional groups attached to an aromatic ring is 2. The molecule has 2 aromatic carbocycles. The second-order valence-electron chi connectivity index (χ2n) is 4.06. The number of amides is 2. The summed E-state index contributed by atoms with van der Waals surface area (Å²) in [6.45, 7) is 0. The van der Waals surface area contributed by atoms with Gasteiger partial charge in [0.2, 0.25) is 0 Å². The van der Waals surface area contributed by atoms with Crippen LogP contribution in [0.2, 0.25) is 0 Å². The highest BCUT2D eigenvalue weighted by atomic mass is 16.2. The van der Waals surface area contributed by atoms with Crippen molar-refractivity contribution in [3.8, 4) is 0 Å². The van der Waals surface area contributed by atoms with Crippen LogP contribution in [0.4, 0.5) is 11.4 Å². The molecule has 2 aromatic rings. The molecule has 2 amide bonds. The molecule has 0 aliphatic heterocycles. The minimum Gasteiger partial charge on any atom is -0.398 e. The number of hydrogen-bond donors (Lipinski definition) is 4. The van der Waals surface area contributed by atoms with Crippen LogP contribution in [-0.4, -0.2) is 11.8 Å². The lowest BCUT2D eigenvalue weighted by molar-refractivity contribution is 0.0954. The molecule has 0 aliphatic rings. The summed E-state index contributed by atoms with van der Waals surface area (Å²) in [4.78, 5) is 23.8. The van der Waals surface area contributed by atoms with Gasteiger partial charge in [-0.15, -0.1) is 0 Å². The van der Waals surface area contributed by atoms with Crippen LogP contribution in [0.25, 0.3) is 0 Å². The van der Waals surface area contributed by atoms with Gasteiger partial charge in [0.1, 0.15) is 0 Å². The Morgan fingerprint density at radius 2 is 1.45 bits per heavy atom. The van der Waals surface area contributed by atoms with E-state index in [0.29, 0.717) is 16.9 Å². The Labute approximate surface area is 115 Å². The van der Waals surface area contributed by atoms with Crippen molar-refractivity contribution in [2.75, 3.05) is 11.1 Å². The molecule has 2 rings (SSSR count). The molecule has 0 bridgehead atoms. The van der Waals surface area contributed by atoms with Crippen LogP contribution in [0.3, 0.4) is 0 Å². The molecule has 0 atom stereocenters. The van der Waals surface area contributed by atoms with E-state index in [2.05, 4.69) is 5.32 Å². The van der Waals surface area contributed by atoms with Crippen molar-refractivity contribution in [2.24, 2.45) is 5.84 Å². The van der Waals surface area contributed by atoms with Gasteiger partial charge in [-0.2, -0.15) is 0 Å². The number of para-hydroxylation sites is 2. The molecule has 0 saturated heterocycles. The molecule has 0 heterocycles. The molecule has 0 saturated carbocycles. The monoisotopic (exact) mass is 270 g/mol. The van der Waals surface area contributed by atoms with Crippen LogP contribution in [0.15, 0.2) is 48.5 Å². The first-order valence-electron chi connectivity index (χ1n) is 5.89. The zero-order valence-electron chi connectivity index (χ0n) is 10.6. The van der Waals surface area contributed by atoms with E-state index in [1.165, 1.54) is 0 Å². The predicted octanol–water partition coefficient (Wildman–Crippen LogP) is 1.12. The number of carbonyl (C=O) groups excluding carboxylic acids is 2. The smallest absolute Gasteiger partial charge is 0.267 e. The van der Waals surface area contributed by atoms with Crippen LogP contribution >= 0.6 is 0 Å². The Kier molecular flexibility index (Phi) is 3.97. The highest BCUT2D eigenvalue weighted by molar-refractivity contribution is 6.11. The third kappa shape index (κ3) is 2.76. The topological polar surface area (TPSA) is 110 Å². The third-order valence-electron chi connectivity index (χ3n) is 2.76. The van der Waals surface area contributed by atoms with E-state index in [4.69, 9.17) is 11.6 Å². The normalized spacial score (nSPS) is 9.85. The van der Waals surface area contributed by atoms with E-state index < -0.39 is 5.91 Å². The molecule has 0 spiro atoms. The summed E-state index contributed by atoms with van der Waals surface area (Å²) in [7, 11) is 0. The van der Waals surface area contributed by atoms with Gasteiger partial charge in [0.25, 0.3) is 11.8 Å². The largest absolute Gasteiger partial charge is 0.398 e. The summed E-state index contributed by atoms with van der Waals surface area (Å²) in [5.41, 5.74) is 9.12. The standard InChI is InChI=1S/C14H14N4O2/c15-11-7-3-1-5-9(11)13(19)17-12-8-4-2-6-10(12)14(20)18-16/h1-8H,15-16H2,(H,17,19)(H,18,20). The first-order valence-corrected chi connectivity index (χ1v) is 5.89. The number of nitrogens with one attached hydrogen (secondary N) is 2. The quantitative estimate of drug-likeness (QED) is 0.290.